The maximum Gasteiger partial charge on any atom is 0.328 e. The molecular formula is C28H53N3O7. The predicted octanol–water partition coefficient (Wildman–Crippen LogP) is 2.83. The molecule has 0 spiro atoms. The first-order valence-electron chi connectivity index (χ1n) is 13.7. The highest BCUT2D eigenvalue weighted by Crippen LogP contribution is 2.19. The molecule has 0 aliphatic carbocycles. The highest BCUT2D eigenvalue weighted by Gasteiger charge is 2.40. The van der Waals surface area contributed by atoms with E-state index < -0.39 is 48.0 Å². The third kappa shape index (κ3) is 10.9. The smallest absolute Gasteiger partial charge is 0.328 e. The zero-order valence-corrected chi connectivity index (χ0v) is 25.8. The molecule has 0 radical (unpaired) electrons. The van der Waals surface area contributed by atoms with Crippen LogP contribution >= 0.6 is 0 Å². The number of likely N-dealkylation sites (N-methyl/N-ethyl adjacent to an activating group) is 3. The van der Waals surface area contributed by atoms with Crippen LogP contribution in [0.15, 0.2) is 0 Å². The summed E-state index contributed by atoms with van der Waals surface area (Å²) < 4.78 is 16.5. The molecule has 0 heterocycles. The monoisotopic (exact) mass is 543 g/mol. The molecule has 0 aromatic carbocycles. The number of hydrogen-bond donors (Lipinski definition) is 0. The molecule has 38 heavy (non-hydrogen) atoms. The van der Waals surface area contributed by atoms with Gasteiger partial charge in [-0.2, -0.15) is 0 Å². The van der Waals surface area contributed by atoms with E-state index in [2.05, 4.69) is 0 Å². The van der Waals surface area contributed by atoms with E-state index in [1.807, 2.05) is 34.6 Å². The van der Waals surface area contributed by atoms with Crippen molar-refractivity contribution < 1.29 is 33.4 Å². The van der Waals surface area contributed by atoms with Crippen molar-refractivity contribution in [3.63, 3.8) is 0 Å². The molecule has 4 unspecified atom stereocenters. The minimum Gasteiger partial charge on any atom is -0.464 e. The number of ether oxygens (including phenoxy) is 3. The molecule has 0 aromatic heterocycles. The Bertz CT molecular complexity index is 747. The van der Waals surface area contributed by atoms with Gasteiger partial charge in [-0.15, -0.1) is 0 Å². The van der Waals surface area contributed by atoms with Gasteiger partial charge in [0.1, 0.15) is 18.1 Å². The Labute approximate surface area is 230 Å². The average molecular weight is 544 g/mol. The lowest BCUT2D eigenvalue weighted by molar-refractivity contribution is -0.170. The lowest BCUT2D eigenvalue weighted by Gasteiger charge is -2.36. The fourth-order valence-electron chi connectivity index (χ4n) is 4.27. The van der Waals surface area contributed by atoms with Crippen molar-refractivity contribution in [2.45, 2.75) is 92.0 Å². The summed E-state index contributed by atoms with van der Waals surface area (Å²) in [5, 5.41) is 0. The van der Waals surface area contributed by atoms with Crippen LogP contribution in [-0.2, 0) is 33.4 Å². The third-order valence-electron chi connectivity index (χ3n) is 6.47. The van der Waals surface area contributed by atoms with Gasteiger partial charge in [0.15, 0.2) is 6.10 Å². The van der Waals surface area contributed by atoms with Crippen LogP contribution in [0.5, 0.6) is 0 Å². The first kappa shape index (κ1) is 35.8. The van der Waals surface area contributed by atoms with Crippen LogP contribution in [0.2, 0.25) is 0 Å². The van der Waals surface area contributed by atoms with E-state index in [1.54, 1.807) is 39.9 Å². The minimum atomic E-state index is -1.09. The van der Waals surface area contributed by atoms with Crippen LogP contribution in [-0.4, -0.2) is 111 Å². The van der Waals surface area contributed by atoms with Gasteiger partial charge in [0.25, 0.3) is 5.91 Å². The normalized spacial score (nSPS) is 14.8. The SMILES string of the molecule is CCCCOC(=O)C(CC(C)C)N(C)C(=O)C(COC)N(C)C(=O)C(OC(=O)C(C(C)C)N(C)C)C(C)C. The fourth-order valence-corrected chi connectivity index (χ4v) is 4.27. The van der Waals surface area contributed by atoms with E-state index >= 15 is 0 Å². The van der Waals surface area contributed by atoms with Gasteiger partial charge >= 0.3 is 11.9 Å². The number of unbranched alkanes of at least 4 members (excludes halogenated alkanes) is 1. The highest BCUT2D eigenvalue weighted by molar-refractivity contribution is 5.92. The van der Waals surface area contributed by atoms with E-state index in [0.29, 0.717) is 6.42 Å². The number of rotatable bonds is 17. The number of nitrogens with zero attached hydrogens (tertiary/aromatic N) is 3. The van der Waals surface area contributed by atoms with Crippen LogP contribution in [0.3, 0.4) is 0 Å². The van der Waals surface area contributed by atoms with Gasteiger partial charge in [-0.1, -0.05) is 54.9 Å². The molecule has 0 rings (SSSR count). The van der Waals surface area contributed by atoms with Crippen LogP contribution in [0.4, 0.5) is 0 Å². The second-order valence-corrected chi connectivity index (χ2v) is 11.3. The van der Waals surface area contributed by atoms with E-state index in [0.717, 1.165) is 12.8 Å². The summed E-state index contributed by atoms with van der Waals surface area (Å²) >= 11 is 0. The molecule has 0 fully saturated rings. The summed E-state index contributed by atoms with van der Waals surface area (Å²) in [6, 6.07) is -2.34. The minimum absolute atomic E-state index is 0.0235. The second kappa shape index (κ2) is 17.4. The van der Waals surface area contributed by atoms with Crippen LogP contribution in [0, 0.1) is 17.8 Å². The maximum absolute atomic E-state index is 13.7. The highest BCUT2D eigenvalue weighted by atomic mass is 16.6. The number of methoxy groups -OCH3 is 1. The van der Waals surface area contributed by atoms with Gasteiger partial charge in [0, 0.05) is 21.2 Å². The topological polar surface area (TPSA) is 106 Å². The Morgan fingerprint density at radius 1 is 0.763 bits per heavy atom. The summed E-state index contributed by atoms with van der Waals surface area (Å²) in [5.41, 5.74) is 0. The maximum atomic E-state index is 13.7. The Balaban J connectivity index is 5.97. The molecule has 0 saturated heterocycles. The molecule has 10 heteroatoms. The zero-order chi connectivity index (χ0) is 29.7. The summed E-state index contributed by atoms with van der Waals surface area (Å²) in [7, 11) is 8.04. The number of carbonyl (C=O) groups excluding carboxylic acids is 4. The Morgan fingerprint density at radius 3 is 1.74 bits per heavy atom. The van der Waals surface area contributed by atoms with E-state index in [9.17, 15) is 19.2 Å². The summed E-state index contributed by atoms with van der Waals surface area (Å²) in [5.74, 6) is -2.15. The van der Waals surface area contributed by atoms with E-state index in [1.165, 1.54) is 24.0 Å². The Hall–Kier alpha value is -2.20. The van der Waals surface area contributed by atoms with Crippen LogP contribution < -0.4 is 0 Å². The number of esters is 2. The molecule has 2 amide bonds. The van der Waals surface area contributed by atoms with Crippen molar-refractivity contribution in [1.82, 2.24) is 14.7 Å². The molecule has 222 valence electrons. The summed E-state index contributed by atoms with van der Waals surface area (Å²) in [4.78, 5) is 57.5. The molecule has 0 bridgehead atoms. The molecule has 0 aromatic rings. The van der Waals surface area contributed by atoms with Gasteiger partial charge in [0.2, 0.25) is 5.91 Å². The van der Waals surface area contributed by atoms with E-state index in [4.69, 9.17) is 14.2 Å². The van der Waals surface area contributed by atoms with Crippen molar-refractivity contribution in [3.05, 3.63) is 0 Å². The lowest BCUT2D eigenvalue weighted by Crippen LogP contribution is -2.57. The van der Waals surface area contributed by atoms with Gasteiger partial charge in [-0.25, -0.2) is 4.79 Å². The molecule has 0 N–H and O–H groups in total. The molecule has 0 saturated carbocycles. The standard InChI is InChI=1S/C28H53N3O7/c1-13-14-15-37-27(34)21(16-18(2)3)30(10)25(32)22(17-36-12)31(11)26(33)24(20(6)7)38-28(35)23(19(4)5)29(8)9/h18-24H,13-17H2,1-12H3. The Morgan fingerprint density at radius 2 is 1.32 bits per heavy atom. The zero-order valence-electron chi connectivity index (χ0n) is 25.8. The summed E-state index contributed by atoms with van der Waals surface area (Å²) in [6.07, 6.45) is 0.949. The van der Waals surface area contributed by atoms with E-state index in [-0.39, 0.29) is 31.0 Å². The van der Waals surface area contributed by atoms with Crippen molar-refractivity contribution in [2.24, 2.45) is 17.8 Å². The average Bonchev–Trinajstić information content (AvgIpc) is 2.81. The van der Waals surface area contributed by atoms with Gasteiger partial charge < -0.3 is 24.0 Å². The van der Waals surface area contributed by atoms with Crippen molar-refractivity contribution >= 4 is 23.8 Å². The summed E-state index contributed by atoms with van der Waals surface area (Å²) in [6.45, 7) is 13.5. The predicted molar refractivity (Wildman–Crippen MR) is 147 cm³/mol. The molecule has 0 aliphatic heterocycles. The largest absolute Gasteiger partial charge is 0.464 e. The first-order chi connectivity index (χ1) is 17.6. The second-order valence-electron chi connectivity index (χ2n) is 11.3. The van der Waals surface area contributed by atoms with Crippen molar-refractivity contribution in [1.29, 1.82) is 0 Å². The lowest BCUT2D eigenvalue weighted by atomic mass is 10.0. The van der Waals surface area contributed by atoms with Crippen LogP contribution in [0.25, 0.3) is 0 Å². The first-order valence-corrected chi connectivity index (χ1v) is 13.7. The third-order valence-corrected chi connectivity index (χ3v) is 6.47. The van der Waals surface area contributed by atoms with Gasteiger partial charge in [-0.05, 0) is 44.7 Å². The quantitative estimate of drug-likeness (QED) is 0.204. The number of hydrogen-bond acceptors (Lipinski definition) is 8. The molecular weight excluding hydrogens is 490 g/mol. The van der Waals surface area contributed by atoms with Crippen molar-refractivity contribution in [2.75, 3.05) is 48.5 Å². The molecule has 0 aliphatic rings. The molecule has 10 nitrogen and oxygen atoms in total. The number of carbonyl (C=O) groups is 4. The van der Waals surface area contributed by atoms with Crippen molar-refractivity contribution in [3.8, 4) is 0 Å². The Kier molecular flexibility index (Phi) is 16.4. The van der Waals surface area contributed by atoms with Gasteiger partial charge in [0.05, 0.1) is 13.2 Å². The number of amides is 2. The van der Waals surface area contributed by atoms with Crippen LogP contribution in [0.1, 0.15) is 67.7 Å². The van der Waals surface area contributed by atoms with Gasteiger partial charge in [-0.3, -0.25) is 19.3 Å². The fraction of sp³-hybridized carbons (Fsp3) is 0.857. The molecule has 4 atom stereocenters.